The number of nitrogens with zero attached hydrogens (tertiary/aromatic N) is 2. The lowest BCUT2D eigenvalue weighted by atomic mass is 10.2. The number of rotatable bonds is 3. The Hall–Kier alpha value is -1.60. The minimum absolute atomic E-state index is 0.0606. The van der Waals surface area contributed by atoms with Crippen molar-refractivity contribution in [3.8, 4) is 5.75 Å². The quantitative estimate of drug-likeness (QED) is 0.888. The van der Waals surface area contributed by atoms with Crippen molar-refractivity contribution in [1.29, 1.82) is 0 Å². The number of urea groups is 1. The highest BCUT2D eigenvalue weighted by atomic mass is 79.9. The fourth-order valence-electron chi connectivity index (χ4n) is 2.29. The third-order valence-electron chi connectivity index (χ3n) is 3.44. The number of aromatic nitrogens is 1. The zero-order valence-corrected chi connectivity index (χ0v) is 14.3. The maximum atomic E-state index is 12.3. The predicted molar refractivity (Wildman–Crippen MR) is 89.3 cm³/mol. The molecule has 1 aromatic heterocycles. The second-order valence-corrected chi connectivity index (χ2v) is 6.62. The van der Waals surface area contributed by atoms with Crippen molar-refractivity contribution in [3.63, 3.8) is 0 Å². The molecule has 0 aliphatic carbocycles. The third kappa shape index (κ3) is 3.78. The molecule has 2 amide bonds. The molecule has 2 heterocycles. The van der Waals surface area contributed by atoms with E-state index < -0.39 is 0 Å². The summed E-state index contributed by atoms with van der Waals surface area (Å²) in [6.07, 6.45) is 0.753. The maximum absolute atomic E-state index is 12.3. The summed E-state index contributed by atoms with van der Waals surface area (Å²) in [6, 6.07) is 5.83. The lowest BCUT2D eigenvalue weighted by Gasteiger charge is -2.20. The van der Waals surface area contributed by atoms with Gasteiger partial charge in [-0.05, 0) is 12.1 Å². The van der Waals surface area contributed by atoms with Crippen molar-refractivity contribution in [2.24, 2.45) is 0 Å². The highest BCUT2D eigenvalue weighted by molar-refractivity contribution is 9.10. The van der Waals surface area contributed by atoms with Crippen molar-refractivity contribution < 1.29 is 9.53 Å². The van der Waals surface area contributed by atoms with E-state index in [1.807, 2.05) is 23.6 Å². The normalized spacial score (nSPS) is 14.0. The van der Waals surface area contributed by atoms with Gasteiger partial charge in [0.15, 0.2) is 0 Å². The van der Waals surface area contributed by atoms with E-state index in [1.165, 1.54) is 0 Å². The Morgan fingerprint density at radius 2 is 2.41 bits per heavy atom. The van der Waals surface area contributed by atoms with Crippen LogP contribution in [-0.4, -0.2) is 35.6 Å². The first-order chi connectivity index (χ1) is 10.7. The Morgan fingerprint density at radius 3 is 3.23 bits per heavy atom. The van der Waals surface area contributed by atoms with Gasteiger partial charge >= 0.3 is 6.03 Å². The molecule has 0 saturated carbocycles. The molecule has 1 aliphatic heterocycles. The van der Waals surface area contributed by atoms with Gasteiger partial charge in [0.05, 0.1) is 24.3 Å². The molecule has 0 unspecified atom stereocenters. The van der Waals surface area contributed by atoms with Crippen molar-refractivity contribution in [2.75, 3.05) is 19.7 Å². The zero-order chi connectivity index (χ0) is 15.4. The van der Waals surface area contributed by atoms with Crippen LogP contribution in [0.3, 0.4) is 0 Å². The number of fused-ring (bicyclic) bond motifs is 1. The number of hydrogen-bond donors (Lipinski definition) is 1. The summed E-state index contributed by atoms with van der Waals surface area (Å²) in [4.78, 5) is 18.3. The van der Waals surface area contributed by atoms with Gasteiger partial charge in [-0.2, -0.15) is 0 Å². The number of ether oxygens (including phenoxy) is 1. The topological polar surface area (TPSA) is 54.5 Å². The molecule has 5 nitrogen and oxygen atoms in total. The Bertz CT molecular complexity index is 648. The molecule has 1 N–H and O–H groups in total. The van der Waals surface area contributed by atoms with Crippen LogP contribution in [-0.2, 0) is 13.0 Å². The standard InChI is InChI=1S/C15H16BrN3O2S/c16-12-2-1-11-8-19(5-6-21-14(11)7-12)15(20)17-4-3-13-9-22-10-18-13/h1-2,7,9-10H,3-6,8H2,(H,17,20). The maximum Gasteiger partial charge on any atom is 0.317 e. The SMILES string of the molecule is O=C(NCCc1cscn1)N1CCOc2cc(Br)ccc2C1. The number of nitrogens with one attached hydrogen (secondary N) is 1. The van der Waals surface area contributed by atoms with Gasteiger partial charge in [0.1, 0.15) is 12.4 Å². The van der Waals surface area contributed by atoms with Gasteiger partial charge in [-0.15, -0.1) is 11.3 Å². The molecule has 1 aliphatic rings. The Kier molecular flexibility index (Phi) is 4.94. The van der Waals surface area contributed by atoms with E-state index in [9.17, 15) is 4.79 Å². The number of amides is 2. The van der Waals surface area contributed by atoms with Gasteiger partial charge in [-0.25, -0.2) is 9.78 Å². The molecular formula is C15H16BrN3O2S. The molecular weight excluding hydrogens is 366 g/mol. The van der Waals surface area contributed by atoms with E-state index in [4.69, 9.17) is 4.74 Å². The number of carbonyl (C=O) groups excluding carboxylic acids is 1. The molecule has 0 fully saturated rings. The molecule has 1 aromatic carbocycles. The second-order valence-electron chi connectivity index (χ2n) is 4.98. The van der Waals surface area contributed by atoms with Crippen molar-refractivity contribution in [3.05, 3.63) is 44.8 Å². The summed E-state index contributed by atoms with van der Waals surface area (Å²) in [7, 11) is 0. The first kappa shape index (κ1) is 15.3. The van der Waals surface area contributed by atoms with Crippen LogP contribution in [0.15, 0.2) is 33.6 Å². The fraction of sp³-hybridized carbons (Fsp3) is 0.333. The number of thiazole rings is 1. The summed E-state index contributed by atoms with van der Waals surface area (Å²) in [5, 5.41) is 4.95. The van der Waals surface area contributed by atoms with Crippen LogP contribution in [0.4, 0.5) is 4.79 Å². The highest BCUT2D eigenvalue weighted by Gasteiger charge is 2.19. The first-order valence-electron chi connectivity index (χ1n) is 7.03. The average Bonchev–Trinajstić information content (AvgIpc) is 2.92. The van der Waals surface area contributed by atoms with Gasteiger partial charge in [0.25, 0.3) is 0 Å². The summed E-state index contributed by atoms with van der Waals surface area (Å²) >= 11 is 5.00. The lowest BCUT2D eigenvalue weighted by molar-refractivity contribution is 0.188. The first-order valence-corrected chi connectivity index (χ1v) is 8.77. The van der Waals surface area contributed by atoms with Gasteiger partial charge in [-0.3, -0.25) is 0 Å². The number of hydrogen-bond acceptors (Lipinski definition) is 4. The number of halogens is 1. The minimum atomic E-state index is -0.0606. The molecule has 0 saturated heterocycles. The van der Waals surface area contributed by atoms with Crippen LogP contribution in [0.2, 0.25) is 0 Å². The van der Waals surface area contributed by atoms with Crippen LogP contribution in [0.25, 0.3) is 0 Å². The molecule has 116 valence electrons. The fourth-order valence-corrected chi connectivity index (χ4v) is 3.22. The second kappa shape index (κ2) is 7.11. The largest absolute Gasteiger partial charge is 0.491 e. The molecule has 2 aromatic rings. The number of benzene rings is 1. The van der Waals surface area contributed by atoms with Gasteiger partial charge in [0, 0.05) is 28.4 Å². The summed E-state index contributed by atoms with van der Waals surface area (Å²) in [5.41, 5.74) is 3.84. The van der Waals surface area contributed by atoms with Crippen molar-refractivity contribution in [2.45, 2.75) is 13.0 Å². The summed E-state index contributed by atoms with van der Waals surface area (Å²) in [5.74, 6) is 0.840. The van der Waals surface area contributed by atoms with E-state index in [0.29, 0.717) is 26.2 Å². The summed E-state index contributed by atoms with van der Waals surface area (Å²) in [6.45, 7) is 2.23. The van der Waals surface area contributed by atoms with E-state index in [1.54, 1.807) is 21.7 Å². The highest BCUT2D eigenvalue weighted by Crippen LogP contribution is 2.26. The Labute approximate surface area is 141 Å². The summed E-state index contributed by atoms with van der Waals surface area (Å²) < 4.78 is 6.69. The lowest BCUT2D eigenvalue weighted by Crippen LogP contribution is -2.41. The van der Waals surface area contributed by atoms with Crippen LogP contribution >= 0.6 is 27.3 Å². The van der Waals surface area contributed by atoms with Crippen molar-refractivity contribution in [1.82, 2.24) is 15.2 Å². The van der Waals surface area contributed by atoms with Crippen molar-refractivity contribution >= 4 is 33.3 Å². The van der Waals surface area contributed by atoms with Gasteiger partial charge in [0.2, 0.25) is 0 Å². The van der Waals surface area contributed by atoms with E-state index in [0.717, 1.165) is 27.9 Å². The van der Waals surface area contributed by atoms with Gasteiger partial charge < -0.3 is 15.0 Å². The number of carbonyl (C=O) groups is 1. The molecule has 0 bridgehead atoms. The smallest absolute Gasteiger partial charge is 0.317 e. The average molecular weight is 382 g/mol. The van der Waals surface area contributed by atoms with E-state index in [2.05, 4.69) is 26.2 Å². The Morgan fingerprint density at radius 1 is 1.50 bits per heavy atom. The van der Waals surface area contributed by atoms with Crippen LogP contribution in [0.5, 0.6) is 5.75 Å². The van der Waals surface area contributed by atoms with Crippen LogP contribution < -0.4 is 10.1 Å². The molecule has 7 heteroatoms. The molecule has 0 spiro atoms. The monoisotopic (exact) mass is 381 g/mol. The van der Waals surface area contributed by atoms with Crippen LogP contribution in [0, 0.1) is 0 Å². The van der Waals surface area contributed by atoms with Crippen LogP contribution in [0.1, 0.15) is 11.3 Å². The minimum Gasteiger partial charge on any atom is -0.491 e. The molecule has 3 rings (SSSR count). The molecule has 0 radical (unpaired) electrons. The zero-order valence-electron chi connectivity index (χ0n) is 11.9. The van der Waals surface area contributed by atoms with E-state index in [-0.39, 0.29) is 6.03 Å². The Balaban J connectivity index is 1.57. The van der Waals surface area contributed by atoms with Gasteiger partial charge in [-0.1, -0.05) is 22.0 Å². The predicted octanol–water partition coefficient (Wildman–Crippen LogP) is 3.05. The molecule has 0 atom stereocenters. The van der Waals surface area contributed by atoms with E-state index >= 15 is 0 Å². The third-order valence-corrected chi connectivity index (χ3v) is 4.57. The molecule has 22 heavy (non-hydrogen) atoms.